The summed E-state index contributed by atoms with van der Waals surface area (Å²) in [5, 5.41) is 8.79. The van der Waals surface area contributed by atoms with E-state index in [0.29, 0.717) is 5.56 Å². The van der Waals surface area contributed by atoms with Crippen molar-refractivity contribution in [2.75, 3.05) is 7.11 Å². The number of aryl methyl sites for hydroxylation is 1. The first-order chi connectivity index (χ1) is 8.28. The van der Waals surface area contributed by atoms with Crippen molar-refractivity contribution in [1.82, 2.24) is 0 Å². The third-order valence-corrected chi connectivity index (χ3v) is 2.87. The van der Waals surface area contributed by atoms with E-state index >= 15 is 0 Å². The van der Waals surface area contributed by atoms with Crippen LogP contribution in [0.15, 0.2) is 17.0 Å². The van der Waals surface area contributed by atoms with Gasteiger partial charge in [0.15, 0.2) is 0 Å². The van der Waals surface area contributed by atoms with E-state index in [1.54, 1.807) is 6.07 Å². The van der Waals surface area contributed by atoms with Gasteiger partial charge in [-0.1, -0.05) is 0 Å². The van der Waals surface area contributed by atoms with Crippen LogP contribution in [-0.2, 0) is 4.74 Å². The minimum absolute atomic E-state index is 0.141. The van der Waals surface area contributed by atoms with Crippen LogP contribution in [0.4, 0.5) is 13.2 Å². The third-order valence-electron chi connectivity index (χ3n) is 2.08. The van der Waals surface area contributed by atoms with E-state index in [4.69, 9.17) is 5.26 Å². The Hall–Kier alpha value is -1.68. The van der Waals surface area contributed by atoms with Crippen LogP contribution in [0.25, 0.3) is 0 Å². The fourth-order valence-electron chi connectivity index (χ4n) is 1.28. The second-order valence-corrected chi connectivity index (χ2v) is 4.42. The highest BCUT2D eigenvalue weighted by molar-refractivity contribution is 8.00. The van der Waals surface area contributed by atoms with Crippen molar-refractivity contribution in [1.29, 1.82) is 5.26 Å². The minimum atomic E-state index is -4.51. The molecular formula is C11H8F3NO2S. The summed E-state index contributed by atoms with van der Waals surface area (Å²) >= 11 is -0.406. The van der Waals surface area contributed by atoms with Crippen molar-refractivity contribution in [3.05, 3.63) is 28.8 Å². The van der Waals surface area contributed by atoms with E-state index in [9.17, 15) is 18.0 Å². The zero-order valence-corrected chi connectivity index (χ0v) is 10.3. The molecule has 0 saturated carbocycles. The zero-order valence-electron chi connectivity index (χ0n) is 9.46. The second kappa shape index (κ2) is 5.31. The molecule has 0 saturated heterocycles. The van der Waals surface area contributed by atoms with Gasteiger partial charge in [-0.15, -0.1) is 0 Å². The average molecular weight is 275 g/mol. The number of nitriles is 1. The van der Waals surface area contributed by atoms with E-state index in [0.717, 1.165) is 19.2 Å². The molecule has 0 fully saturated rings. The standard InChI is InChI=1S/C11H8F3NO2S/c1-6-3-9(18-11(12,13)14)8(10(16)17-2)4-7(6)5-15/h3-4H,1-2H3. The smallest absolute Gasteiger partial charge is 0.446 e. The number of rotatable bonds is 2. The number of benzene rings is 1. The van der Waals surface area contributed by atoms with Crippen LogP contribution >= 0.6 is 11.8 Å². The molecule has 3 nitrogen and oxygen atoms in total. The molecular weight excluding hydrogens is 267 g/mol. The summed E-state index contributed by atoms with van der Waals surface area (Å²) in [6.07, 6.45) is 0. The van der Waals surface area contributed by atoms with Gasteiger partial charge in [-0.25, -0.2) is 4.79 Å². The first-order valence-electron chi connectivity index (χ1n) is 4.67. The van der Waals surface area contributed by atoms with Crippen molar-refractivity contribution in [3.63, 3.8) is 0 Å². The first kappa shape index (κ1) is 14.4. The summed E-state index contributed by atoms with van der Waals surface area (Å²) in [6, 6.07) is 4.07. The highest BCUT2D eigenvalue weighted by atomic mass is 32.2. The Morgan fingerprint density at radius 2 is 2.06 bits per heavy atom. The molecule has 0 atom stereocenters. The van der Waals surface area contributed by atoms with Gasteiger partial charge in [0.1, 0.15) is 0 Å². The van der Waals surface area contributed by atoms with Gasteiger partial charge in [0.05, 0.1) is 24.3 Å². The van der Waals surface area contributed by atoms with Crippen molar-refractivity contribution in [2.45, 2.75) is 17.3 Å². The Bertz CT molecular complexity index is 520. The van der Waals surface area contributed by atoms with Crippen LogP contribution in [0.3, 0.4) is 0 Å². The highest BCUT2D eigenvalue weighted by Gasteiger charge is 2.32. The molecule has 7 heteroatoms. The number of methoxy groups -OCH3 is 1. The molecule has 0 radical (unpaired) electrons. The summed E-state index contributed by atoms with van der Waals surface area (Å²) in [5.41, 5.74) is -4.26. The Kier molecular flexibility index (Phi) is 4.24. The number of halogens is 3. The number of carbonyl (C=O) groups excluding carboxylic acids is 1. The molecule has 0 aromatic heterocycles. The zero-order chi connectivity index (χ0) is 13.9. The molecule has 0 aliphatic rings. The van der Waals surface area contributed by atoms with Crippen molar-refractivity contribution >= 4 is 17.7 Å². The lowest BCUT2D eigenvalue weighted by atomic mass is 10.1. The van der Waals surface area contributed by atoms with Gasteiger partial charge >= 0.3 is 11.5 Å². The highest BCUT2D eigenvalue weighted by Crippen LogP contribution is 2.39. The molecule has 0 N–H and O–H groups in total. The molecule has 0 aliphatic heterocycles. The van der Waals surface area contributed by atoms with Crippen LogP contribution in [0, 0.1) is 18.3 Å². The van der Waals surface area contributed by atoms with E-state index in [-0.39, 0.29) is 16.0 Å². The van der Waals surface area contributed by atoms with E-state index in [1.807, 2.05) is 0 Å². The lowest BCUT2D eigenvalue weighted by Gasteiger charge is -2.11. The number of nitrogens with zero attached hydrogens (tertiary/aromatic N) is 1. The Balaban J connectivity index is 3.35. The van der Waals surface area contributed by atoms with Crippen LogP contribution in [0.1, 0.15) is 21.5 Å². The lowest BCUT2D eigenvalue weighted by Crippen LogP contribution is -2.08. The maximum absolute atomic E-state index is 12.3. The van der Waals surface area contributed by atoms with Gasteiger partial charge in [0, 0.05) is 4.90 Å². The van der Waals surface area contributed by atoms with Gasteiger partial charge in [-0.2, -0.15) is 18.4 Å². The average Bonchev–Trinajstić information content (AvgIpc) is 2.26. The van der Waals surface area contributed by atoms with Gasteiger partial charge in [-0.05, 0) is 36.4 Å². The molecule has 96 valence electrons. The topological polar surface area (TPSA) is 50.1 Å². The molecule has 1 aromatic rings. The summed E-state index contributed by atoms with van der Waals surface area (Å²) in [7, 11) is 1.07. The number of thioether (sulfide) groups is 1. The molecule has 0 bridgehead atoms. The molecule has 0 spiro atoms. The number of esters is 1. The first-order valence-corrected chi connectivity index (χ1v) is 5.49. The Morgan fingerprint density at radius 3 is 2.50 bits per heavy atom. The molecule has 1 aromatic carbocycles. The Labute approximate surface area is 106 Å². The molecule has 0 aliphatic carbocycles. The van der Waals surface area contributed by atoms with Gasteiger partial charge < -0.3 is 4.74 Å². The van der Waals surface area contributed by atoms with Crippen LogP contribution in [0.2, 0.25) is 0 Å². The van der Waals surface area contributed by atoms with E-state index in [2.05, 4.69) is 4.74 Å². The van der Waals surface area contributed by atoms with Crippen LogP contribution < -0.4 is 0 Å². The SMILES string of the molecule is COC(=O)c1cc(C#N)c(C)cc1SC(F)(F)F. The number of carbonyl (C=O) groups is 1. The largest absolute Gasteiger partial charge is 0.465 e. The summed E-state index contributed by atoms with van der Waals surface area (Å²) in [4.78, 5) is 11.1. The number of hydrogen-bond acceptors (Lipinski definition) is 4. The maximum atomic E-state index is 12.3. The van der Waals surface area contributed by atoms with Crippen molar-refractivity contribution in [3.8, 4) is 6.07 Å². The van der Waals surface area contributed by atoms with E-state index < -0.39 is 23.2 Å². The predicted octanol–water partition coefficient (Wildman–Crippen LogP) is 3.27. The van der Waals surface area contributed by atoms with Crippen molar-refractivity contribution < 1.29 is 22.7 Å². The second-order valence-electron chi connectivity index (χ2n) is 3.31. The third kappa shape index (κ3) is 3.40. The fourth-order valence-corrected chi connectivity index (χ4v) is 2.02. The lowest BCUT2D eigenvalue weighted by molar-refractivity contribution is -0.0328. The minimum Gasteiger partial charge on any atom is -0.465 e. The number of ether oxygens (including phenoxy) is 1. The number of hydrogen-bond donors (Lipinski definition) is 0. The molecule has 0 unspecified atom stereocenters. The summed E-state index contributed by atoms with van der Waals surface area (Å²) in [5.74, 6) is -0.904. The molecule has 18 heavy (non-hydrogen) atoms. The normalized spacial score (nSPS) is 10.9. The quantitative estimate of drug-likeness (QED) is 0.614. The molecule has 0 amide bonds. The monoisotopic (exact) mass is 275 g/mol. The van der Waals surface area contributed by atoms with Crippen LogP contribution in [0.5, 0.6) is 0 Å². The molecule has 0 heterocycles. The van der Waals surface area contributed by atoms with Crippen LogP contribution in [-0.4, -0.2) is 18.6 Å². The molecule has 1 rings (SSSR count). The fraction of sp³-hybridized carbons (Fsp3) is 0.273. The maximum Gasteiger partial charge on any atom is 0.446 e. The number of alkyl halides is 3. The van der Waals surface area contributed by atoms with Gasteiger partial charge in [0.25, 0.3) is 0 Å². The van der Waals surface area contributed by atoms with Gasteiger partial charge in [0.2, 0.25) is 0 Å². The summed E-state index contributed by atoms with van der Waals surface area (Å²) < 4.78 is 41.4. The van der Waals surface area contributed by atoms with E-state index in [1.165, 1.54) is 6.92 Å². The Morgan fingerprint density at radius 1 is 1.44 bits per heavy atom. The predicted molar refractivity (Wildman–Crippen MR) is 59.1 cm³/mol. The summed E-state index contributed by atoms with van der Waals surface area (Å²) in [6.45, 7) is 1.50. The van der Waals surface area contributed by atoms with Gasteiger partial charge in [-0.3, -0.25) is 0 Å². The van der Waals surface area contributed by atoms with Crippen molar-refractivity contribution in [2.24, 2.45) is 0 Å².